The Labute approximate surface area is 301 Å². The highest BCUT2D eigenvalue weighted by atomic mass is 16.3. The van der Waals surface area contributed by atoms with Gasteiger partial charge >= 0.3 is 0 Å². The fourth-order valence-electron chi connectivity index (χ4n) is 8.27. The van der Waals surface area contributed by atoms with Gasteiger partial charge in [-0.2, -0.15) is 0 Å². The molecule has 246 valence electrons. The van der Waals surface area contributed by atoms with Gasteiger partial charge in [-0.05, 0) is 93.0 Å². The first-order valence-electron chi connectivity index (χ1n) is 17.9. The van der Waals surface area contributed by atoms with Crippen LogP contribution in [0.5, 0.6) is 0 Å². The molecule has 10 aromatic rings. The van der Waals surface area contributed by atoms with Crippen molar-refractivity contribution in [3.63, 3.8) is 0 Å². The summed E-state index contributed by atoms with van der Waals surface area (Å²) in [5, 5.41) is 8.32. The number of allylic oxidation sites excluding steroid dienone is 1. The minimum Gasteiger partial charge on any atom is -0.456 e. The molecule has 0 saturated heterocycles. The van der Waals surface area contributed by atoms with Crippen molar-refractivity contribution in [2.45, 2.75) is 13.8 Å². The Morgan fingerprint density at radius 1 is 0.442 bits per heavy atom. The van der Waals surface area contributed by atoms with Gasteiger partial charge in [0.2, 0.25) is 0 Å². The molecule has 0 aliphatic rings. The zero-order chi connectivity index (χ0) is 34.8. The van der Waals surface area contributed by atoms with Crippen molar-refractivity contribution >= 4 is 60.0 Å². The Bertz CT molecular complexity index is 2980. The summed E-state index contributed by atoms with van der Waals surface area (Å²) in [5.74, 6) is 0.920. The van der Waals surface area contributed by atoms with E-state index in [1.54, 1.807) is 0 Å². The van der Waals surface area contributed by atoms with Gasteiger partial charge in [0, 0.05) is 32.9 Å². The van der Waals surface area contributed by atoms with Gasteiger partial charge in [0.05, 0.1) is 0 Å². The summed E-state index contributed by atoms with van der Waals surface area (Å²) in [7, 11) is 0. The lowest BCUT2D eigenvalue weighted by Gasteiger charge is -2.19. The highest BCUT2D eigenvalue weighted by molar-refractivity contribution is 6.21. The van der Waals surface area contributed by atoms with Crippen LogP contribution in [-0.4, -0.2) is 0 Å². The van der Waals surface area contributed by atoms with Crippen LogP contribution < -0.4 is 0 Å². The van der Waals surface area contributed by atoms with E-state index in [2.05, 4.69) is 159 Å². The first-order valence-corrected chi connectivity index (χ1v) is 17.9. The van der Waals surface area contributed by atoms with Crippen molar-refractivity contribution in [3.8, 4) is 33.4 Å². The summed E-state index contributed by atoms with van der Waals surface area (Å²) in [6, 6.07) is 58.6. The Balaban J connectivity index is 1.16. The molecule has 0 N–H and O–H groups in total. The van der Waals surface area contributed by atoms with E-state index in [4.69, 9.17) is 8.83 Å². The van der Waals surface area contributed by atoms with E-state index >= 15 is 0 Å². The zero-order valence-corrected chi connectivity index (χ0v) is 29.0. The van der Waals surface area contributed by atoms with Crippen molar-refractivity contribution in [2.75, 3.05) is 0 Å². The molecule has 2 aromatic heterocycles. The number of fused-ring (bicyclic) bond motifs is 6. The van der Waals surface area contributed by atoms with Gasteiger partial charge in [0.1, 0.15) is 22.5 Å². The second-order valence-electron chi connectivity index (χ2n) is 13.5. The average molecular weight is 667 g/mol. The largest absolute Gasteiger partial charge is 0.456 e. The van der Waals surface area contributed by atoms with E-state index in [0.717, 1.165) is 66.5 Å². The number of hydrogen-bond acceptors (Lipinski definition) is 2. The molecular formula is C50H34O2. The minimum atomic E-state index is 0.909. The number of para-hydroxylation sites is 3. The fourth-order valence-corrected chi connectivity index (χ4v) is 8.27. The Morgan fingerprint density at radius 2 is 0.942 bits per heavy atom. The summed E-state index contributed by atoms with van der Waals surface area (Å²) >= 11 is 0. The quantitative estimate of drug-likeness (QED) is 0.171. The normalized spacial score (nSPS) is 12.2. The SMILES string of the molecule is C/C=C(/c1cccc(-c2c3ccccc3c(-c3cccc(-c4cccc5c4oc4ccccc45)c3)c3ccccc23)c1)c1oc2ccccc2c1C. The van der Waals surface area contributed by atoms with Crippen LogP contribution in [0.2, 0.25) is 0 Å². The number of rotatable bonds is 5. The van der Waals surface area contributed by atoms with Crippen LogP contribution in [0.25, 0.3) is 93.4 Å². The summed E-state index contributed by atoms with van der Waals surface area (Å²) in [6.07, 6.45) is 2.17. The summed E-state index contributed by atoms with van der Waals surface area (Å²) in [5.41, 5.74) is 13.2. The molecule has 0 bridgehead atoms. The second-order valence-corrected chi connectivity index (χ2v) is 13.5. The van der Waals surface area contributed by atoms with Crippen molar-refractivity contribution in [1.29, 1.82) is 0 Å². The molecule has 0 spiro atoms. The molecule has 2 heterocycles. The lowest BCUT2D eigenvalue weighted by Crippen LogP contribution is -1.93. The third-order valence-electron chi connectivity index (χ3n) is 10.6. The van der Waals surface area contributed by atoms with Gasteiger partial charge in [0.15, 0.2) is 0 Å². The number of benzene rings is 8. The first-order chi connectivity index (χ1) is 25.7. The predicted molar refractivity (Wildman–Crippen MR) is 219 cm³/mol. The van der Waals surface area contributed by atoms with Gasteiger partial charge < -0.3 is 8.83 Å². The third kappa shape index (κ3) is 4.65. The van der Waals surface area contributed by atoms with E-state index in [9.17, 15) is 0 Å². The van der Waals surface area contributed by atoms with Crippen molar-refractivity contribution in [2.24, 2.45) is 0 Å². The van der Waals surface area contributed by atoms with Crippen LogP contribution in [0.4, 0.5) is 0 Å². The molecule has 2 heteroatoms. The zero-order valence-electron chi connectivity index (χ0n) is 29.0. The highest BCUT2D eigenvalue weighted by Crippen LogP contribution is 2.45. The summed E-state index contributed by atoms with van der Waals surface area (Å²) < 4.78 is 12.9. The Hall–Kier alpha value is -6.64. The van der Waals surface area contributed by atoms with Crippen LogP contribution in [0.1, 0.15) is 23.8 Å². The van der Waals surface area contributed by atoms with Gasteiger partial charge in [-0.3, -0.25) is 0 Å². The van der Waals surface area contributed by atoms with Crippen LogP contribution in [0.15, 0.2) is 179 Å². The second kappa shape index (κ2) is 12.0. The molecule has 0 atom stereocenters. The van der Waals surface area contributed by atoms with Gasteiger partial charge in [-0.1, -0.05) is 146 Å². The maximum atomic E-state index is 6.46. The van der Waals surface area contributed by atoms with Crippen LogP contribution in [0.3, 0.4) is 0 Å². The predicted octanol–water partition coefficient (Wildman–Crippen LogP) is 14.4. The minimum absolute atomic E-state index is 0.909. The van der Waals surface area contributed by atoms with Crippen molar-refractivity contribution in [1.82, 2.24) is 0 Å². The maximum absolute atomic E-state index is 6.46. The molecule has 0 fully saturated rings. The molecule has 0 saturated carbocycles. The molecule has 2 nitrogen and oxygen atoms in total. The molecule has 10 rings (SSSR count). The molecule has 52 heavy (non-hydrogen) atoms. The van der Waals surface area contributed by atoms with Crippen molar-refractivity contribution < 1.29 is 8.83 Å². The highest BCUT2D eigenvalue weighted by Gasteiger charge is 2.20. The lowest BCUT2D eigenvalue weighted by atomic mass is 9.84. The van der Waals surface area contributed by atoms with E-state index in [-0.39, 0.29) is 0 Å². The molecule has 0 radical (unpaired) electrons. The van der Waals surface area contributed by atoms with Gasteiger partial charge in [0.25, 0.3) is 0 Å². The first kappa shape index (κ1) is 30.2. The van der Waals surface area contributed by atoms with E-state index in [0.29, 0.717) is 0 Å². The van der Waals surface area contributed by atoms with E-state index < -0.39 is 0 Å². The molecule has 0 amide bonds. The molecule has 0 aliphatic carbocycles. The molecule has 8 aromatic carbocycles. The van der Waals surface area contributed by atoms with E-state index in [1.165, 1.54) is 43.8 Å². The monoisotopic (exact) mass is 666 g/mol. The topological polar surface area (TPSA) is 26.3 Å². The number of hydrogen-bond donors (Lipinski definition) is 0. The van der Waals surface area contributed by atoms with Crippen LogP contribution in [-0.2, 0) is 0 Å². The smallest absolute Gasteiger partial charge is 0.143 e. The number of furan rings is 2. The van der Waals surface area contributed by atoms with Gasteiger partial charge in [-0.25, -0.2) is 0 Å². The maximum Gasteiger partial charge on any atom is 0.143 e. The Kier molecular flexibility index (Phi) is 6.97. The average Bonchev–Trinajstić information content (AvgIpc) is 3.75. The van der Waals surface area contributed by atoms with E-state index in [1.807, 2.05) is 24.3 Å². The Morgan fingerprint density at radius 3 is 1.58 bits per heavy atom. The van der Waals surface area contributed by atoms with Crippen LogP contribution in [0, 0.1) is 6.92 Å². The van der Waals surface area contributed by atoms with Crippen LogP contribution >= 0.6 is 0 Å². The fraction of sp³-hybridized carbons (Fsp3) is 0.0400. The standard InChI is InChI=1S/C50H34O2/c1-3-36(49-31(2)37-19-8-10-27-45(37)51-49)32-15-12-17-34(29-32)47-40-21-4-6-23-42(40)48(43-24-7-5-22-41(43)47)35-18-13-16-33(30-35)38-25-14-26-44-39-20-9-11-28-46(39)52-50(38)44/h3-30H,1-2H3/b36-3-. The summed E-state index contributed by atoms with van der Waals surface area (Å²) in [6.45, 7) is 4.25. The van der Waals surface area contributed by atoms with Gasteiger partial charge in [-0.15, -0.1) is 0 Å². The third-order valence-corrected chi connectivity index (χ3v) is 10.6. The lowest BCUT2D eigenvalue weighted by molar-refractivity contribution is 0.597. The molecular weight excluding hydrogens is 633 g/mol. The number of aryl methyl sites for hydroxylation is 1. The van der Waals surface area contributed by atoms with Crippen molar-refractivity contribution in [3.05, 3.63) is 187 Å². The molecule has 0 unspecified atom stereocenters. The molecule has 0 aliphatic heterocycles. The summed E-state index contributed by atoms with van der Waals surface area (Å²) in [4.78, 5) is 0.